The van der Waals surface area contributed by atoms with Gasteiger partial charge in [-0.3, -0.25) is 24.0 Å². The lowest BCUT2D eigenvalue weighted by molar-refractivity contribution is -0.368. The van der Waals surface area contributed by atoms with Crippen LogP contribution < -0.4 is 31.3 Å². The first-order valence-corrected chi connectivity index (χ1v) is 32.6. The van der Waals surface area contributed by atoms with Crippen LogP contribution in [0, 0.1) is 11.8 Å². The molecule has 0 saturated carbocycles. The van der Waals surface area contributed by atoms with E-state index in [2.05, 4.69) is 45.3 Å². The molecule has 5 amide bonds. The minimum Gasteiger partial charge on any atom is -0.494 e. The summed E-state index contributed by atoms with van der Waals surface area (Å²) < 4.78 is 71.9. The summed E-state index contributed by atoms with van der Waals surface area (Å²) in [4.78, 5) is 65.0. The molecule has 0 radical (unpaired) electrons. The van der Waals surface area contributed by atoms with E-state index in [1.54, 1.807) is 12.1 Å². The van der Waals surface area contributed by atoms with Crippen LogP contribution in [0.1, 0.15) is 96.8 Å². The van der Waals surface area contributed by atoms with E-state index in [0.29, 0.717) is 18.6 Å². The van der Waals surface area contributed by atoms with Gasteiger partial charge in [0.05, 0.1) is 45.7 Å². The van der Waals surface area contributed by atoms with Crippen LogP contribution in [-0.2, 0) is 71.3 Å². The molecule has 0 spiro atoms. The van der Waals surface area contributed by atoms with Gasteiger partial charge in [0.1, 0.15) is 146 Å². The number of benzene rings is 1. The molecule has 1 aromatic rings. The molecule has 0 bridgehead atoms. The molecular weight excluding hydrogens is 1310 g/mol. The van der Waals surface area contributed by atoms with Crippen molar-refractivity contribution in [1.29, 1.82) is 0 Å². The van der Waals surface area contributed by atoms with Crippen molar-refractivity contribution in [1.82, 2.24) is 26.6 Å². The maximum atomic E-state index is 13.9. The summed E-state index contributed by atoms with van der Waals surface area (Å²) in [7, 11) is 0. The molecule has 30 atom stereocenters. The minimum absolute atomic E-state index is 0.0314. The van der Waals surface area contributed by atoms with E-state index in [1.807, 2.05) is 0 Å². The summed E-state index contributed by atoms with van der Waals surface area (Å²) in [5.41, 5.74) is 0.0314. The number of ether oxygens (including phenoxy) is 12. The molecule has 36 nitrogen and oxygen atoms in total. The second kappa shape index (κ2) is 37.7. The topological polar surface area (TPSA) is 539 Å². The van der Waals surface area contributed by atoms with Crippen molar-refractivity contribution in [3.63, 3.8) is 0 Å². The van der Waals surface area contributed by atoms with E-state index >= 15 is 0 Å². The Bertz CT molecular complexity index is 2770. The highest BCUT2D eigenvalue weighted by molar-refractivity contribution is 5.94. The zero-order valence-corrected chi connectivity index (χ0v) is 55.0. The molecule has 36 heteroatoms. The summed E-state index contributed by atoms with van der Waals surface area (Å²) in [5.74, 6) is 2.53. The number of carbonyl (C=O) groups is 5. The third kappa shape index (κ3) is 20.4. The van der Waals surface area contributed by atoms with Gasteiger partial charge in [0.15, 0.2) is 37.7 Å². The fourth-order valence-corrected chi connectivity index (χ4v) is 12.3. The van der Waals surface area contributed by atoms with Gasteiger partial charge in [-0.1, -0.05) is 32.3 Å². The van der Waals surface area contributed by atoms with Gasteiger partial charge in [0, 0.05) is 46.1 Å². The van der Waals surface area contributed by atoms with Gasteiger partial charge in [-0.05, 0) is 38.0 Å². The molecule has 6 heterocycles. The first-order chi connectivity index (χ1) is 46.7. The second-order valence-electron chi connectivity index (χ2n) is 24.9. The monoisotopic (exact) mass is 1410 g/mol. The highest BCUT2D eigenvalue weighted by Gasteiger charge is 2.58. The molecule has 6 aliphatic heterocycles. The lowest BCUT2D eigenvalue weighted by Gasteiger charge is -2.51. The number of nitrogens with one attached hydrogen (secondary N) is 5. The van der Waals surface area contributed by atoms with Crippen molar-refractivity contribution in [2.24, 2.45) is 0 Å². The van der Waals surface area contributed by atoms with Gasteiger partial charge in [0.25, 0.3) is 5.91 Å². The molecule has 556 valence electrons. The average Bonchev–Trinajstić information content (AvgIpc) is 0.772. The fourth-order valence-electron chi connectivity index (χ4n) is 12.3. The summed E-state index contributed by atoms with van der Waals surface area (Å²) in [5, 5.41) is 168. The highest BCUT2D eigenvalue weighted by atomic mass is 16.8. The van der Waals surface area contributed by atoms with E-state index in [1.165, 1.54) is 19.1 Å². The van der Waals surface area contributed by atoms with Crippen LogP contribution in [0.25, 0.3) is 0 Å². The number of aliphatic hydroxyl groups is 14. The van der Waals surface area contributed by atoms with Crippen LogP contribution in [-0.4, -0.2) is 325 Å². The molecule has 15 unspecified atom stereocenters. The zero-order valence-electron chi connectivity index (χ0n) is 55.0. The van der Waals surface area contributed by atoms with Crippen LogP contribution in [0.3, 0.4) is 0 Å². The Morgan fingerprint density at radius 3 is 1.34 bits per heavy atom. The van der Waals surface area contributed by atoms with Gasteiger partial charge in [-0.15, -0.1) is 11.8 Å². The highest BCUT2D eigenvalue weighted by Crippen LogP contribution is 2.37. The number of hydrogen-bond donors (Lipinski definition) is 19. The summed E-state index contributed by atoms with van der Waals surface area (Å²) in [6.45, 7) is 3.20. The zero-order chi connectivity index (χ0) is 71.8. The Labute approximate surface area is 564 Å². The van der Waals surface area contributed by atoms with E-state index in [9.17, 15) is 95.5 Å². The number of amides is 5. The lowest BCUT2D eigenvalue weighted by Crippen LogP contribution is -2.72. The van der Waals surface area contributed by atoms with Crippen molar-refractivity contribution >= 4 is 29.5 Å². The third-order valence-corrected chi connectivity index (χ3v) is 17.4. The van der Waals surface area contributed by atoms with Crippen molar-refractivity contribution in [2.75, 3.05) is 39.6 Å². The molecule has 6 saturated heterocycles. The summed E-state index contributed by atoms with van der Waals surface area (Å²) >= 11 is 0. The standard InChI is InChI=1S/C62H97N5O31/c1-7-8-9-10-11-12-13-14-15-19-87-32-18-16-17-31(20-32)56(85)67-39-45(78)44(77)33(21-68)91-58(39)95-52-34(22-69)92-59(40(47(52)80)64-28(4)73)96-53-35(23-70)93-60(41(48(53)81)65-29(5)74)97-54-36(24-71)94-61(42(49(54)82)66-30(6)75)98-55-37(90-57(86)38(46(55)79)63-27(3)72)25-88-62-51(84)50(83)43(76)26(2)89-62/h16-18,20,26,33-55,57-62,68-71,76-84,86H,7-11,14-15,19,21-25H2,1-6H3,(H,63,72)(H,64,73)(H,65,74)(H,66,75)(H,67,85)/t26?,33?,34?,35?,36?,37?,38-,39-,40?,41-,42?,43+,44+,45+,46+,47?,48+,49?,50+,51+,52+,53?,54+,55?,57?,58?,59-,60-,61-,62?/m0/s1. The molecule has 1 aromatic carbocycles. The normalized spacial score (nSPS) is 39.6. The molecule has 98 heavy (non-hydrogen) atoms. The molecular formula is C62H97N5O31. The molecule has 19 N–H and O–H groups in total. The smallest absolute Gasteiger partial charge is 0.251 e. The molecule has 0 aromatic heterocycles. The van der Waals surface area contributed by atoms with Gasteiger partial charge in [-0.25, -0.2) is 0 Å². The van der Waals surface area contributed by atoms with Crippen molar-refractivity contribution in [3.8, 4) is 17.6 Å². The van der Waals surface area contributed by atoms with Crippen molar-refractivity contribution in [2.45, 2.75) is 270 Å². The fraction of sp³-hybridized carbons (Fsp3) is 0.790. The number of hydrogen-bond acceptors (Lipinski definition) is 31. The predicted molar refractivity (Wildman–Crippen MR) is 327 cm³/mol. The molecule has 6 fully saturated rings. The van der Waals surface area contributed by atoms with Crippen molar-refractivity contribution < 1.29 is 152 Å². The molecule has 0 aliphatic carbocycles. The maximum Gasteiger partial charge on any atom is 0.251 e. The summed E-state index contributed by atoms with van der Waals surface area (Å²) in [6, 6.07) is -2.60. The van der Waals surface area contributed by atoms with Crippen LogP contribution in [0.5, 0.6) is 5.75 Å². The van der Waals surface area contributed by atoms with E-state index in [4.69, 9.17) is 56.8 Å². The molecule has 6 aliphatic rings. The number of rotatable bonds is 29. The van der Waals surface area contributed by atoms with Gasteiger partial charge < -0.3 is 155 Å². The van der Waals surface area contributed by atoms with Crippen LogP contribution in [0.15, 0.2) is 24.3 Å². The van der Waals surface area contributed by atoms with Gasteiger partial charge in [0.2, 0.25) is 23.6 Å². The molecule has 7 rings (SSSR count). The average molecular weight is 1410 g/mol. The minimum atomic E-state index is -2.08. The first-order valence-electron chi connectivity index (χ1n) is 32.6. The largest absolute Gasteiger partial charge is 0.494 e. The number of unbranched alkanes of at least 4 members (excludes halogenated alkanes) is 5. The first kappa shape index (κ1) is 80.2. The Hall–Kier alpha value is -5.07. The van der Waals surface area contributed by atoms with Crippen LogP contribution in [0.4, 0.5) is 0 Å². The van der Waals surface area contributed by atoms with Gasteiger partial charge >= 0.3 is 0 Å². The Kier molecular flexibility index (Phi) is 30.9. The summed E-state index contributed by atoms with van der Waals surface area (Å²) in [6.07, 6.45) is -38.5. The van der Waals surface area contributed by atoms with Crippen LogP contribution in [0.2, 0.25) is 0 Å². The van der Waals surface area contributed by atoms with E-state index in [-0.39, 0.29) is 12.2 Å². The van der Waals surface area contributed by atoms with Crippen molar-refractivity contribution in [3.05, 3.63) is 29.8 Å². The predicted octanol–water partition coefficient (Wildman–Crippen LogP) is -7.93. The Balaban J connectivity index is 1.07. The lowest BCUT2D eigenvalue weighted by atomic mass is 9.93. The third-order valence-electron chi connectivity index (χ3n) is 17.4. The second-order valence-corrected chi connectivity index (χ2v) is 24.9. The Morgan fingerprint density at radius 1 is 0.449 bits per heavy atom. The van der Waals surface area contributed by atoms with Crippen LogP contribution >= 0.6 is 0 Å². The number of aliphatic hydroxyl groups excluding tert-OH is 14. The SMILES string of the molecule is CCCCCCC#CCCCOc1cccc(C(=O)N[C@@H]2C(O[C@@H]3C(CO)O[C@@H](OC4C(CO)O[C@@H](O[C@@H]5C(CO)O[C@@H](OC6C(COC7OC(C)[C@@H](O)[C@@H](O)[C@H]7O)OC(O)[C@@H](NC(C)=O)[C@H]6O)C(NC(C)=O)C5O)[C@@H](NC(C)=O)[C@H]4O)C(NC(C)=O)C3O)OC(CO)[C@@H](O)[C@@H]2O)c1. The number of carbonyl (C=O) groups excluding carboxylic acids is 5. The maximum absolute atomic E-state index is 13.9. The Morgan fingerprint density at radius 2 is 0.878 bits per heavy atom. The van der Waals surface area contributed by atoms with Gasteiger partial charge in [-0.2, -0.15) is 0 Å². The van der Waals surface area contributed by atoms with E-state index in [0.717, 1.165) is 59.8 Å². The quantitative estimate of drug-likeness (QED) is 0.0262. The van der Waals surface area contributed by atoms with E-state index < -0.39 is 246 Å².